The topological polar surface area (TPSA) is 98.2 Å². The Labute approximate surface area is 192 Å². The maximum Gasteiger partial charge on any atom is 0.416 e. The Balaban J connectivity index is 1.92. The summed E-state index contributed by atoms with van der Waals surface area (Å²) in [6, 6.07) is 5.79. The minimum absolute atomic E-state index is 0.0595. The molecule has 0 aliphatic carbocycles. The third-order valence-electron chi connectivity index (χ3n) is 4.24. The molecule has 0 bridgehead atoms. The van der Waals surface area contributed by atoms with E-state index < -0.39 is 23.6 Å². The first kappa shape index (κ1) is 25.8. The summed E-state index contributed by atoms with van der Waals surface area (Å²) < 4.78 is 54.1. The summed E-state index contributed by atoms with van der Waals surface area (Å²) in [5, 5.41) is 6.02. The van der Waals surface area contributed by atoms with Crippen molar-refractivity contribution in [3.63, 3.8) is 0 Å². The molecule has 12 heteroatoms. The molecule has 0 fully saturated rings. The lowest BCUT2D eigenvalue weighted by Gasteiger charge is -2.12. The van der Waals surface area contributed by atoms with E-state index >= 15 is 0 Å². The number of anilines is 1. The fourth-order valence-electron chi connectivity index (χ4n) is 2.65. The lowest BCUT2D eigenvalue weighted by atomic mass is 10.2. The van der Waals surface area contributed by atoms with E-state index in [1.807, 2.05) is 0 Å². The van der Waals surface area contributed by atoms with Gasteiger partial charge in [-0.05, 0) is 30.3 Å². The minimum atomic E-state index is -4.58. The highest BCUT2D eigenvalue weighted by molar-refractivity contribution is 6.33. The van der Waals surface area contributed by atoms with Gasteiger partial charge in [0.1, 0.15) is 0 Å². The largest absolute Gasteiger partial charge is 0.493 e. The Kier molecular flexibility index (Phi) is 8.92. The van der Waals surface area contributed by atoms with Crippen LogP contribution in [-0.2, 0) is 15.8 Å². The Hall–Kier alpha value is -3.47. The number of methoxy groups -OCH3 is 3. The molecule has 0 radical (unpaired) electrons. The van der Waals surface area contributed by atoms with Gasteiger partial charge in [0, 0.05) is 18.4 Å². The lowest BCUT2D eigenvalue weighted by Crippen LogP contribution is -2.21. The molecule has 2 aromatic rings. The second kappa shape index (κ2) is 11.4. The molecular formula is C21H21ClF3N3O5. The first-order valence-corrected chi connectivity index (χ1v) is 9.75. The third kappa shape index (κ3) is 7.28. The molecule has 2 amide bonds. The van der Waals surface area contributed by atoms with Gasteiger partial charge in [-0.3, -0.25) is 9.59 Å². The second-order valence-electron chi connectivity index (χ2n) is 6.49. The lowest BCUT2D eigenvalue weighted by molar-refractivity contribution is -0.137. The van der Waals surface area contributed by atoms with Crippen LogP contribution >= 0.6 is 11.6 Å². The van der Waals surface area contributed by atoms with E-state index in [1.165, 1.54) is 27.5 Å². The number of carbonyl (C=O) groups excluding carboxylic acids is 2. The maximum absolute atomic E-state index is 12.8. The summed E-state index contributed by atoms with van der Waals surface area (Å²) in [6.45, 7) is 0. The first-order valence-electron chi connectivity index (χ1n) is 9.37. The van der Waals surface area contributed by atoms with Crippen LogP contribution in [0.2, 0.25) is 5.02 Å². The highest BCUT2D eigenvalue weighted by atomic mass is 35.5. The molecule has 0 heterocycles. The van der Waals surface area contributed by atoms with Gasteiger partial charge in [-0.25, -0.2) is 5.43 Å². The van der Waals surface area contributed by atoms with Crippen LogP contribution in [0.15, 0.2) is 35.4 Å². The van der Waals surface area contributed by atoms with Crippen molar-refractivity contribution >= 4 is 35.3 Å². The molecule has 8 nitrogen and oxygen atoms in total. The predicted octanol–water partition coefficient (Wildman–Crippen LogP) is 4.25. The van der Waals surface area contributed by atoms with Crippen LogP contribution < -0.4 is 25.0 Å². The summed E-state index contributed by atoms with van der Waals surface area (Å²) in [5.74, 6) is -0.0684. The predicted molar refractivity (Wildman–Crippen MR) is 116 cm³/mol. The average molecular weight is 488 g/mol. The molecular weight excluding hydrogens is 467 g/mol. The number of hydrazone groups is 1. The minimum Gasteiger partial charge on any atom is -0.493 e. The molecule has 2 aromatic carbocycles. The molecule has 33 heavy (non-hydrogen) atoms. The summed E-state index contributed by atoms with van der Waals surface area (Å²) >= 11 is 5.84. The van der Waals surface area contributed by atoms with E-state index in [0.29, 0.717) is 22.8 Å². The van der Waals surface area contributed by atoms with Gasteiger partial charge in [-0.15, -0.1) is 0 Å². The Morgan fingerprint density at radius 2 is 1.61 bits per heavy atom. The number of rotatable bonds is 9. The molecule has 2 rings (SSSR count). The molecule has 0 unspecified atom stereocenters. The van der Waals surface area contributed by atoms with Crippen LogP contribution in [0.5, 0.6) is 17.2 Å². The molecule has 2 N–H and O–H groups in total. The van der Waals surface area contributed by atoms with Crippen LogP contribution in [-0.4, -0.2) is 39.4 Å². The summed E-state index contributed by atoms with van der Waals surface area (Å²) in [6.07, 6.45) is -3.79. The van der Waals surface area contributed by atoms with E-state index in [-0.39, 0.29) is 23.6 Å². The van der Waals surface area contributed by atoms with E-state index in [2.05, 4.69) is 15.8 Å². The van der Waals surface area contributed by atoms with Crippen molar-refractivity contribution in [2.45, 2.75) is 19.0 Å². The van der Waals surface area contributed by atoms with E-state index in [9.17, 15) is 22.8 Å². The number of hydrogen-bond acceptors (Lipinski definition) is 6. The van der Waals surface area contributed by atoms with Crippen molar-refractivity contribution in [1.29, 1.82) is 0 Å². The van der Waals surface area contributed by atoms with Gasteiger partial charge in [-0.2, -0.15) is 18.3 Å². The van der Waals surface area contributed by atoms with Gasteiger partial charge in [0.25, 0.3) is 0 Å². The quantitative estimate of drug-likeness (QED) is 0.407. The molecule has 0 aromatic heterocycles. The van der Waals surface area contributed by atoms with Gasteiger partial charge >= 0.3 is 6.18 Å². The van der Waals surface area contributed by atoms with Crippen molar-refractivity contribution in [1.82, 2.24) is 5.43 Å². The zero-order valence-corrected chi connectivity index (χ0v) is 18.6. The van der Waals surface area contributed by atoms with Gasteiger partial charge in [0.15, 0.2) is 11.5 Å². The summed E-state index contributed by atoms with van der Waals surface area (Å²) in [5.41, 5.74) is 1.65. The van der Waals surface area contributed by atoms with Crippen molar-refractivity contribution in [2.75, 3.05) is 26.6 Å². The van der Waals surface area contributed by atoms with Gasteiger partial charge in [0.2, 0.25) is 17.6 Å². The Bertz CT molecular complexity index is 1020. The smallest absolute Gasteiger partial charge is 0.416 e. The molecule has 0 saturated heterocycles. The number of hydrogen-bond donors (Lipinski definition) is 2. The normalized spacial score (nSPS) is 11.2. The number of halogens is 4. The zero-order valence-electron chi connectivity index (χ0n) is 17.9. The molecule has 178 valence electrons. The summed E-state index contributed by atoms with van der Waals surface area (Å²) in [7, 11) is 4.38. The molecule has 0 atom stereocenters. The van der Waals surface area contributed by atoms with Crippen molar-refractivity contribution < 1.29 is 37.0 Å². The van der Waals surface area contributed by atoms with Crippen LogP contribution in [0.4, 0.5) is 18.9 Å². The van der Waals surface area contributed by atoms with E-state index in [0.717, 1.165) is 18.2 Å². The number of ether oxygens (including phenoxy) is 3. The standard InChI is InChI=1S/C21H21ClF3N3O5/c1-31-16-8-12(9-17(32-2)20(16)33-3)11-26-28-19(30)7-6-18(29)27-15-10-13(21(23,24)25)4-5-14(15)22/h4-5,8-11H,6-7H2,1-3H3,(H,27,29)(H,28,30). The SMILES string of the molecule is COc1cc(C=NNC(=O)CCC(=O)Nc2cc(C(F)(F)F)ccc2Cl)cc(OC)c1OC. The van der Waals surface area contributed by atoms with Crippen molar-refractivity contribution in [3.05, 3.63) is 46.5 Å². The van der Waals surface area contributed by atoms with Crippen LogP contribution in [0.3, 0.4) is 0 Å². The number of alkyl halides is 3. The monoisotopic (exact) mass is 487 g/mol. The summed E-state index contributed by atoms with van der Waals surface area (Å²) in [4.78, 5) is 24.0. The van der Waals surface area contributed by atoms with Gasteiger partial charge in [-0.1, -0.05) is 11.6 Å². The number of nitrogens with zero attached hydrogens (tertiary/aromatic N) is 1. The number of benzene rings is 2. The fraction of sp³-hybridized carbons (Fsp3) is 0.286. The third-order valence-corrected chi connectivity index (χ3v) is 4.57. The van der Waals surface area contributed by atoms with Gasteiger partial charge in [0.05, 0.1) is 43.8 Å². The zero-order chi connectivity index (χ0) is 24.6. The van der Waals surface area contributed by atoms with Crippen molar-refractivity contribution in [2.24, 2.45) is 5.10 Å². The molecule has 0 aliphatic rings. The van der Waals surface area contributed by atoms with E-state index in [4.69, 9.17) is 25.8 Å². The highest BCUT2D eigenvalue weighted by Gasteiger charge is 2.31. The fourth-order valence-corrected chi connectivity index (χ4v) is 2.81. The van der Waals surface area contributed by atoms with Gasteiger partial charge < -0.3 is 19.5 Å². The Morgan fingerprint density at radius 3 is 2.15 bits per heavy atom. The number of amides is 2. The molecule has 0 aliphatic heterocycles. The van der Waals surface area contributed by atoms with Crippen molar-refractivity contribution in [3.8, 4) is 17.2 Å². The van der Waals surface area contributed by atoms with Crippen LogP contribution in [0.25, 0.3) is 0 Å². The molecule has 0 saturated carbocycles. The number of nitrogens with one attached hydrogen (secondary N) is 2. The average Bonchev–Trinajstić information content (AvgIpc) is 2.77. The van der Waals surface area contributed by atoms with E-state index in [1.54, 1.807) is 12.1 Å². The maximum atomic E-state index is 12.8. The van der Waals surface area contributed by atoms with Crippen LogP contribution in [0, 0.1) is 0 Å². The van der Waals surface area contributed by atoms with Crippen LogP contribution in [0.1, 0.15) is 24.0 Å². The molecule has 0 spiro atoms. The second-order valence-corrected chi connectivity index (χ2v) is 6.90. The first-order chi connectivity index (χ1) is 15.6. The Morgan fingerprint density at radius 1 is 1.00 bits per heavy atom. The highest BCUT2D eigenvalue weighted by Crippen LogP contribution is 2.37. The number of carbonyl (C=O) groups is 2.